The number of aryl methyl sites for hydroxylation is 2. The van der Waals surface area contributed by atoms with Crippen molar-refractivity contribution in [3.8, 4) is 6.07 Å². The maximum Gasteiger partial charge on any atom is 0.325 e. The van der Waals surface area contributed by atoms with E-state index in [0.717, 1.165) is 21.6 Å². The summed E-state index contributed by atoms with van der Waals surface area (Å²) in [6.07, 6.45) is 0.138. The summed E-state index contributed by atoms with van der Waals surface area (Å²) in [4.78, 5) is 41.6. The number of anilines is 1. The van der Waals surface area contributed by atoms with Crippen LogP contribution in [-0.2, 0) is 15.1 Å². The van der Waals surface area contributed by atoms with E-state index in [9.17, 15) is 14.4 Å². The number of benzene rings is 2. The first-order chi connectivity index (χ1) is 15.6. The molecule has 4 amide bonds. The molecule has 2 aromatic rings. The van der Waals surface area contributed by atoms with E-state index in [1.165, 1.54) is 4.90 Å². The molecular formula is C26H30N4O3. The van der Waals surface area contributed by atoms with Crippen LogP contribution in [0.1, 0.15) is 55.4 Å². The van der Waals surface area contributed by atoms with Crippen molar-refractivity contribution in [2.75, 3.05) is 18.0 Å². The largest absolute Gasteiger partial charge is 0.325 e. The molecule has 0 radical (unpaired) electrons. The molecule has 1 unspecified atom stereocenters. The molecule has 1 N–H and O–H groups in total. The summed E-state index contributed by atoms with van der Waals surface area (Å²) in [5.41, 5.74) is 3.28. The molecule has 7 nitrogen and oxygen atoms in total. The van der Waals surface area contributed by atoms with Gasteiger partial charge in [-0.1, -0.05) is 44.2 Å². The minimum atomic E-state index is -1.25. The molecule has 172 valence electrons. The Kier molecular flexibility index (Phi) is 6.87. The molecule has 0 spiro atoms. The highest BCUT2D eigenvalue weighted by molar-refractivity contribution is 6.10. The van der Waals surface area contributed by atoms with Gasteiger partial charge in [0.15, 0.2) is 0 Å². The van der Waals surface area contributed by atoms with Crippen LogP contribution in [0.15, 0.2) is 42.5 Å². The van der Waals surface area contributed by atoms with Gasteiger partial charge in [-0.05, 0) is 61.1 Å². The van der Waals surface area contributed by atoms with E-state index < -0.39 is 29.9 Å². The predicted octanol–water partition coefficient (Wildman–Crippen LogP) is 4.14. The first-order valence-electron chi connectivity index (χ1n) is 11.1. The lowest BCUT2D eigenvalue weighted by atomic mass is 9.90. The van der Waals surface area contributed by atoms with Crippen molar-refractivity contribution < 1.29 is 14.4 Å². The van der Waals surface area contributed by atoms with Crippen LogP contribution in [0.4, 0.5) is 10.5 Å². The molecule has 33 heavy (non-hydrogen) atoms. The summed E-state index contributed by atoms with van der Waals surface area (Å²) in [6, 6.07) is 14.6. The Morgan fingerprint density at radius 3 is 2.36 bits per heavy atom. The highest BCUT2D eigenvalue weighted by Crippen LogP contribution is 2.30. The molecule has 1 saturated heterocycles. The maximum absolute atomic E-state index is 13.3. The normalized spacial score (nSPS) is 17.8. The Morgan fingerprint density at radius 1 is 1.12 bits per heavy atom. The molecule has 3 rings (SSSR count). The Balaban J connectivity index is 1.84. The average molecular weight is 447 g/mol. The van der Waals surface area contributed by atoms with Crippen LogP contribution in [0.3, 0.4) is 0 Å². The average Bonchev–Trinajstić information content (AvgIpc) is 3.00. The van der Waals surface area contributed by atoms with Crippen LogP contribution in [0, 0.1) is 25.2 Å². The van der Waals surface area contributed by atoms with Crippen LogP contribution in [0.25, 0.3) is 0 Å². The van der Waals surface area contributed by atoms with Gasteiger partial charge >= 0.3 is 6.03 Å². The van der Waals surface area contributed by atoms with E-state index in [2.05, 4.69) is 25.2 Å². The van der Waals surface area contributed by atoms with E-state index in [-0.39, 0.29) is 13.0 Å². The number of amides is 4. The van der Waals surface area contributed by atoms with Crippen LogP contribution in [0.5, 0.6) is 0 Å². The monoisotopic (exact) mass is 446 g/mol. The van der Waals surface area contributed by atoms with Crippen molar-refractivity contribution in [1.29, 1.82) is 5.26 Å². The molecule has 0 bridgehead atoms. The number of nitrogens with zero attached hydrogens (tertiary/aromatic N) is 3. The molecular weight excluding hydrogens is 416 g/mol. The molecule has 2 aromatic carbocycles. The highest BCUT2D eigenvalue weighted by atomic mass is 16.2. The van der Waals surface area contributed by atoms with Gasteiger partial charge in [-0.15, -0.1) is 0 Å². The SMILES string of the molecule is Cc1ccc(N(CCC#N)C(=O)CN2C(=O)NC(C)(c3ccc(C(C)C)cc3)C2=O)cc1C. The third-order valence-corrected chi connectivity index (χ3v) is 6.27. The second kappa shape index (κ2) is 9.45. The van der Waals surface area contributed by atoms with Crippen molar-refractivity contribution in [2.24, 2.45) is 0 Å². The number of urea groups is 1. The predicted molar refractivity (Wildman–Crippen MR) is 127 cm³/mol. The van der Waals surface area contributed by atoms with E-state index in [1.807, 2.05) is 56.3 Å². The summed E-state index contributed by atoms with van der Waals surface area (Å²) in [5, 5.41) is 11.8. The Bertz CT molecular complexity index is 1120. The summed E-state index contributed by atoms with van der Waals surface area (Å²) in [7, 11) is 0. The second-order valence-corrected chi connectivity index (χ2v) is 8.95. The molecule has 7 heteroatoms. The fourth-order valence-corrected chi connectivity index (χ4v) is 3.91. The second-order valence-electron chi connectivity index (χ2n) is 8.95. The summed E-state index contributed by atoms with van der Waals surface area (Å²) in [6.45, 7) is 9.51. The van der Waals surface area contributed by atoms with Crippen molar-refractivity contribution in [1.82, 2.24) is 10.2 Å². The van der Waals surface area contributed by atoms with Gasteiger partial charge in [0.25, 0.3) is 5.91 Å². The van der Waals surface area contributed by atoms with Gasteiger partial charge in [0.2, 0.25) is 5.91 Å². The first kappa shape index (κ1) is 24.0. The maximum atomic E-state index is 13.3. The molecule has 1 fully saturated rings. The van der Waals surface area contributed by atoms with Gasteiger partial charge in [-0.3, -0.25) is 14.5 Å². The van der Waals surface area contributed by atoms with Crippen molar-refractivity contribution in [3.63, 3.8) is 0 Å². The molecule has 0 aromatic heterocycles. The Labute approximate surface area is 195 Å². The number of carbonyl (C=O) groups is 3. The van der Waals surface area contributed by atoms with E-state index in [1.54, 1.807) is 6.92 Å². The summed E-state index contributed by atoms with van der Waals surface area (Å²) >= 11 is 0. The molecule has 0 aliphatic carbocycles. The molecule has 1 atom stereocenters. The highest BCUT2D eigenvalue weighted by Gasteiger charge is 2.49. The van der Waals surface area contributed by atoms with Gasteiger partial charge in [0.05, 0.1) is 12.5 Å². The Hall–Kier alpha value is -3.66. The lowest BCUT2D eigenvalue weighted by molar-refractivity contribution is -0.134. The zero-order chi connectivity index (χ0) is 24.3. The molecule has 1 aliphatic rings. The van der Waals surface area contributed by atoms with Crippen LogP contribution < -0.4 is 10.2 Å². The topological polar surface area (TPSA) is 93.5 Å². The van der Waals surface area contributed by atoms with Gasteiger partial charge in [0.1, 0.15) is 12.1 Å². The number of hydrogen-bond donors (Lipinski definition) is 1. The zero-order valence-corrected chi connectivity index (χ0v) is 19.8. The number of carbonyl (C=O) groups excluding carboxylic acids is 3. The molecule has 0 saturated carbocycles. The fourth-order valence-electron chi connectivity index (χ4n) is 3.91. The van der Waals surface area contributed by atoms with Crippen LogP contribution in [0.2, 0.25) is 0 Å². The van der Waals surface area contributed by atoms with E-state index in [4.69, 9.17) is 5.26 Å². The number of imide groups is 1. The molecule has 1 aliphatic heterocycles. The minimum Gasteiger partial charge on any atom is -0.319 e. The van der Waals surface area contributed by atoms with Crippen molar-refractivity contribution in [3.05, 3.63) is 64.7 Å². The third-order valence-electron chi connectivity index (χ3n) is 6.27. The summed E-state index contributed by atoms with van der Waals surface area (Å²) in [5.74, 6) is -0.547. The van der Waals surface area contributed by atoms with Crippen molar-refractivity contribution in [2.45, 2.75) is 52.5 Å². The Morgan fingerprint density at radius 2 is 1.79 bits per heavy atom. The fraction of sp³-hybridized carbons (Fsp3) is 0.385. The minimum absolute atomic E-state index is 0.138. The van der Waals surface area contributed by atoms with Crippen LogP contribution >= 0.6 is 0 Å². The van der Waals surface area contributed by atoms with Gasteiger partial charge in [0, 0.05) is 12.2 Å². The quantitative estimate of drug-likeness (QED) is 0.647. The number of nitriles is 1. The smallest absolute Gasteiger partial charge is 0.319 e. The number of rotatable bonds is 7. The van der Waals surface area contributed by atoms with Crippen molar-refractivity contribution >= 4 is 23.5 Å². The summed E-state index contributed by atoms with van der Waals surface area (Å²) < 4.78 is 0. The van der Waals surface area contributed by atoms with Gasteiger partial charge in [-0.25, -0.2) is 4.79 Å². The molecule has 1 heterocycles. The standard InChI is InChI=1S/C26H30N4O3/c1-17(2)20-8-10-21(11-9-20)26(5)24(32)30(25(33)28-26)16-23(31)29(14-6-13-27)22-12-7-18(3)19(4)15-22/h7-12,15,17H,6,14,16H2,1-5H3,(H,28,33). The van der Waals surface area contributed by atoms with E-state index >= 15 is 0 Å². The van der Waals surface area contributed by atoms with E-state index in [0.29, 0.717) is 17.2 Å². The van der Waals surface area contributed by atoms with Gasteiger partial charge < -0.3 is 10.2 Å². The van der Waals surface area contributed by atoms with Crippen LogP contribution in [-0.4, -0.2) is 35.8 Å². The number of hydrogen-bond acceptors (Lipinski definition) is 4. The zero-order valence-electron chi connectivity index (χ0n) is 19.8. The number of nitrogens with one attached hydrogen (secondary N) is 1. The van der Waals surface area contributed by atoms with Gasteiger partial charge in [-0.2, -0.15) is 5.26 Å². The lowest BCUT2D eigenvalue weighted by Crippen LogP contribution is -2.45. The first-order valence-corrected chi connectivity index (χ1v) is 11.1. The third kappa shape index (κ3) is 4.75. The lowest BCUT2D eigenvalue weighted by Gasteiger charge is -2.25.